The predicted molar refractivity (Wildman–Crippen MR) is 94.6 cm³/mol. The SMILES string of the molecule is O=C(OCCCCOc1c(Cl)cc(O)cc1Cl)c1ccc(Cl)cc1. The fourth-order valence-corrected chi connectivity index (χ4v) is 2.61. The van der Waals surface area contributed by atoms with Crippen molar-refractivity contribution in [2.24, 2.45) is 0 Å². The second kappa shape index (κ2) is 9.02. The van der Waals surface area contributed by atoms with Crippen LogP contribution in [0.2, 0.25) is 15.1 Å². The second-order valence-electron chi connectivity index (χ2n) is 4.94. The summed E-state index contributed by atoms with van der Waals surface area (Å²) in [7, 11) is 0. The van der Waals surface area contributed by atoms with Crippen molar-refractivity contribution >= 4 is 40.8 Å². The molecular formula is C17H15Cl3O4. The molecule has 2 rings (SSSR count). The summed E-state index contributed by atoms with van der Waals surface area (Å²) in [6.45, 7) is 0.643. The maximum atomic E-state index is 11.8. The molecule has 0 unspecified atom stereocenters. The van der Waals surface area contributed by atoms with Crippen molar-refractivity contribution in [2.75, 3.05) is 13.2 Å². The first-order chi connectivity index (χ1) is 11.5. The van der Waals surface area contributed by atoms with Gasteiger partial charge >= 0.3 is 5.97 Å². The van der Waals surface area contributed by atoms with Crippen molar-refractivity contribution in [1.29, 1.82) is 0 Å². The maximum absolute atomic E-state index is 11.8. The molecule has 2 aromatic carbocycles. The van der Waals surface area contributed by atoms with Crippen LogP contribution in [-0.2, 0) is 4.74 Å². The largest absolute Gasteiger partial charge is 0.508 e. The van der Waals surface area contributed by atoms with Crippen LogP contribution in [0, 0.1) is 0 Å². The zero-order valence-corrected chi connectivity index (χ0v) is 14.9. The van der Waals surface area contributed by atoms with Crippen LogP contribution >= 0.6 is 34.8 Å². The summed E-state index contributed by atoms with van der Waals surface area (Å²) in [5, 5.41) is 10.4. The Hall–Kier alpha value is -1.62. The van der Waals surface area contributed by atoms with E-state index in [1.165, 1.54) is 12.1 Å². The van der Waals surface area contributed by atoms with Crippen LogP contribution in [0.4, 0.5) is 0 Å². The number of phenols is 1. The van der Waals surface area contributed by atoms with E-state index in [2.05, 4.69) is 0 Å². The van der Waals surface area contributed by atoms with Gasteiger partial charge in [0.2, 0.25) is 0 Å². The van der Waals surface area contributed by atoms with E-state index >= 15 is 0 Å². The number of halogens is 3. The summed E-state index contributed by atoms with van der Waals surface area (Å²) in [6.07, 6.45) is 1.29. The predicted octanol–water partition coefficient (Wildman–Crippen LogP) is 5.37. The van der Waals surface area contributed by atoms with Crippen LogP contribution in [0.5, 0.6) is 11.5 Å². The monoisotopic (exact) mass is 388 g/mol. The van der Waals surface area contributed by atoms with Gasteiger partial charge in [0, 0.05) is 17.2 Å². The molecule has 128 valence electrons. The van der Waals surface area contributed by atoms with E-state index in [1.807, 2.05) is 0 Å². The van der Waals surface area contributed by atoms with Gasteiger partial charge in [-0.1, -0.05) is 34.8 Å². The number of rotatable bonds is 7. The fourth-order valence-electron chi connectivity index (χ4n) is 1.90. The average Bonchev–Trinajstić information content (AvgIpc) is 2.53. The lowest BCUT2D eigenvalue weighted by Gasteiger charge is -2.10. The van der Waals surface area contributed by atoms with Crippen molar-refractivity contribution in [3.05, 3.63) is 57.0 Å². The van der Waals surface area contributed by atoms with Crippen LogP contribution in [0.3, 0.4) is 0 Å². The van der Waals surface area contributed by atoms with Gasteiger partial charge in [-0.2, -0.15) is 0 Å². The van der Waals surface area contributed by atoms with E-state index in [9.17, 15) is 9.90 Å². The highest BCUT2D eigenvalue weighted by molar-refractivity contribution is 6.37. The molecule has 2 aromatic rings. The van der Waals surface area contributed by atoms with Crippen molar-refractivity contribution in [3.63, 3.8) is 0 Å². The fraction of sp³-hybridized carbons (Fsp3) is 0.235. The van der Waals surface area contributed by atoms with Crippen molar-refractivity contribution in [1.82, 2.24) is 0 Å². The highest BCUT2D eigenvalue weighted by Gasteiger charge is 2.10. The van der Waals surface area contributed by atoms with Crippen LogP contribution < -0.4 is 4.74 Å². The Kier molecular flexibility index (Phi) is 7.03. The Bertz CT molecular complexity index is 678. The van der Waals surface area contributed by atoms with Gasteiger partial charge in [0.05, 0.1) is 28.8 Å². The normalized spacial score (nSPS) is 10.5. The summed E-state index contributed by atoms with van der Waals surface area (Å²) < 4.78 is 10.7. The molecule has 0 fully saturated rings. The standard InChI is InChI=1S/C17H15Cl3O4/c18-12-5-3-11(4-6-12)17(22)24-8-2-1-7-23-16-14(19)9-13(21)10-15(16)20/h3-6,9-10,21H,1-2,7-8H2. The molecule has 0 radical (unpaired) electrons. The summed E-state index contributed by atoms with van der Waals surface area (Å²) >= 11 is 17.7. The molecular weight excluding hydrogens is 375 g/mol. The molecule has 1 N–H and O–H groups in total. The molecule has 0 spiro atoms. The number of hydrogen-bond acceptors (Lipinski definition) is 4. The number of phenolic OH excluding ortho intramolecular Hbond substituents is 1. The minimum absolute atomic E-state index is 0.0218. The molecule has 0 bridgehead atoms. The van der Waals surface area contributed by atoms with Gasteiger partial charge in [-0.15, -0.1) is 0 Å². The Labute approximate surface area is 154 Å². The maximum Gasteiger partial charge on any atom is 0.338 e. The molecule has 4 nitrogen and oxygen atoms in total. The van der Waals surface area contributed by atoms with Crippen LogP contribution in [0.1, 0.15) is 23.2 Å². The summed E-state index contributed by atoms with van der Waals surface area (Å²) in [5.74, 6) is -0.0852. The molecule has 0 aliphatic rings. The molecule has 0 atom stereocenters. The van der Waals surface area contributed by atoms with Gasteiger partial charge in [0.25, 0.3) is 0 Å². The zero-order chi connectivity index (χ0) is 17.5. The van der Waals surface area contributed by atoms with Gasteiger partial charge < -0.3 is 14.6 Å². The first-order valence-electron chi connectivity index (χ1n) is 7.21. The lowest BCUT2D eigenvalue weighted by molar-refractivity contribution is 0.0494. The molecule has 0 aliphatic carbocycles. The van der Waals surface area contributed by atoms with Gasteiger partial charge in [0.1, 0.15) is 5.75 Å². The van der Waals surface area contributed by atoms with E-state index in [0.29, 0.717) is 35.8 Å². The number of benzene rings is 2. The number of aromatic hydroxyl groups is 1. The third kappa shape index (κ3) is 5.48. The number of carbonyl (C=O) groups is 1. The molecule has 0 amide bonds. The van der Waals surface area contributed by atoms with Crippen molar-refractivity contribution in [3.8, 4) is 11.5 Å². The van der Waals surface area contributed by atoms with Crippen LogP contribution in [-0.4, -0.2) is 24.3 Å². The zero-order valence-electron chi connectivity index (χ0n) is 12.6. The van der Waals surface area contributed by atoms with Crippen LogP contribution in [0.25, 0.3) is 0 Å². The topological polar surface area (TPSA) is 55.8 Å². The van der Waals surface area contributed by atoms with E-state index in [1.54, 1.807) is 24.3 Å². The lowest BCUT2D eigenvalue weighted by Crippen LogP contribution is -2.07. The number of esters is 1. The molecule has 0 aliphatic heterocycles. The molecule has 24 heavy (non-hydrogen) atoms. The Morgan fingerprint density at radius 2 is 1.54 bits per heavy atom. The highest BCUT2D eigenvalue weighted by atomic mass is 35.5. The molecule has 7 heteroatoms. The molecule has 0 saturated heterocycles. The van der Waals surface area contributed by atoms with E-state index in [4.69, 9.17) is 44.3 Å². The van der Waals surface area contributed by atoms with E-state index in [-0.39, 0.29) is 22.4 Å². The van der Waals surface area contributed by atoms with Crippen LogP contribution in [0.15, 0.2) is 36.4 Å². The average molecular weight is 390 g/mol. The second-order valence-corrected chi connectivity index (χ2v) is 6.19. The quantitative estimate of drug-likeness (QED) is 0.511. The highest BCUT2D eigenvalue weighted by Crippen LogP contribution is 2.36. The minimum Gasteiger partial charge on any atom is -0.508 e. The molecule has 0 heterocycles. The number of ether oxygens (including phenoxy) is 2. The van der Waals surface area contributed by atoms with Gasteiger partial charge in [-0.3, -0.25) is 0 Å². The number of unbranched alkanes of at least 4 members (excludes halogenated alkanes) is 1. The van der Waals surface area contributed by atoms with Crippen molar-refractivity contribution < 1.29 is 19.4 Å². The van der Waals surface area contributed by atoms with E-state index in [0.717, 1.165) is 0 Å². The van der Waals surface area contributed by atoms with E-state index < -0.39 is 5.97 Å². The summed E-state index contributed by atoms with van der Waals surface area (Å²) in [4.78, 5) is 11.8. The lowest BCUT2D eigenvalue weighted by atomic mass is 10.2. The number of hydrogen-bond donors (Lipinski definition) is 1. The van der Waals surface area contributed by atoms with Gasteiger partial charge in [-0.05, 0) is 37.1 Å². The Morgan fingerprint density at radius 3 is 2.17 bits per heavy atom. The summed E-state index contributed by atoms with van der Waals surface area (Å²) in [5.41, 5.74) is 0.457. The minimum atomic E-state index is -0.391. The third-order valence-electron chi connectivity index (χ3n) is 3.08. The van der Waals surface area contributed by atoms with Crippen molar-refractivity contribution in [2.45, 2.75) is 12.8 Å². The third-order valence-corrected chi connectivity index (χ3v) is 3.89. The first-order valence-corrected chi connectivity index (χ1v) is 8.34. The van der Waals surface area contributed by atoms with Gasteiger partial charge in [0.15, 0.2) is 5.75 Å². The smallest absolute Gasteiger partial charge is 0.338 e. The van der Waals surface area contributed by atoms with Gasteiger partial charge in [-0.25, -0.2) is 4.79 Å². The first kappa shape index (κ1) is 18.7. The molecule has 0 saturated carbocycles. The number of carbonyl (C=O) groups excluding carboxylic acids is 1. The Balaban J connectivity index is 1.68. The Morgan fingerprint density at radius 1 is 0.958 bits per heavy atom. The summed E-state index contributed by atoms with van der Waals surface area (Å²) in [6, 6.07) is 9.22. The molecule has 0 aromatic heterocycles.